The van der Waals surface area contributed by atoms with Gasteiger partial charge in [0.05, 0.1) is 12.7 Å². The van der Waals surface area contributed by atoms with Gasteiger partial charge in [0.2, 0.25) is 0 Å². The molecule has 0 unspecified atom stereocenters. The number of aryl methyl sites for hydroxylation is 2. The van der Waals surface area contributed by atoms with Gasteiger partial charge in [0.1, 0.15) is 0 Å². The van der Waals surface area contributed by atoms with Crippen LogP contribution in [0.5, 0.6) is 0 Å². The van der Waals surface area contributed by atoms with Crippen LogP contribution in [0.25, 0.3) is 0 Å². The van der Waals surface area contributed by atoms with Gasteiger partial charge in [-0.15, -0.1) is 0 Å². The van der Waals surface area contributed by atoms with E-state index in [1.54, 1.807) is 0 Å². The number of methoxy groups -OCH3 is 1. The van der Waals surface area contributed by atoms with E-state index < -0.39 is 0 Å². The summed E-state index contributed by atoms with van der Waals surface area (Å²) in [6, 6.07) is 5.81. The number of hydrogen-bond acceptors (Lipinski definition) is 2. The Hall–Kier alpha value is -1.31. The number of hydrogen-bond donors (Lipinski definition) is 0. The van der Waals surface area contributed by atoms with Crippen LogP contribution in [0.15, 0.2) is 18.2 Å². The maximum atomic E-state index is 11.3. The average Bonchev–Trinajstić information content (AvgIpc) is 2.28. The predicted octanol–water partition coefficient (Wildman–Crippen LogP) is 2.99. The lowest BCUT2D eigenvalue weighted by Crippen LogP contribution is -2.03. The Morgan fingerprint density at radius 2 is 2.00 bits per heavy atom. The normalized spacial score (nSPS) is 10.1. The standard InChI is InChI=1S/C13H18O2/c1-4-6-11-9-12(13(14)15-3)8-7-10(11)5-2/h7-9H,4-6H2,1-3H3. The number of benzene rings is 1. The first-order valence-electron chi connectivity index (χ1n) is 5.43. The summed E-state index contributed by atoms with van der Waals surface area (Å²) in [6.07, 6.45) is 3.13. The highest BCUT2D eigenvalue weighted by molar-refractivity contribution is 5.89. The van der Waals surface area contributed by atoms with Crippen molar-refractivity contribution in [2.75, 3.05) is 7.11 Å². The lowest BCUT2D eigenvalue weighted by atomic mass is 9.98. The average molecular weight is 206 g/mol. The summed E-state index contributed by atoms with van der Waals surface area (Å²) in [6.45, 7) is 4.27. The molecule has 15 heavy (non-hydrogen) atoms. The van der Waals surface area contributed by atoms with Crippen LogP contribution in [0.2, 0.25) is 0 Å². The van der Waals surface area contributed by atoms with E-state index in [1.165, 1.54) is 18.2 Å². The Labute approximate surface area is 91.3 Å². The van der Waals surface area contributed by atoms with E-state index in [9.17, 15) is 4.79 Å². The molecule has 2 heteroatoms. The van der Waals surface area contributed by atoms with Crippen LogP contribution in [0.1, 0.15) is 41.8 Å². The zero-order valence-corrected chi connectivity index (χ0v) is 9.67. The highest BCUT2D eigenvalue weighted by Gasteiger charge is 2.08. The maximum Gasteiger partial charge on any atom is 0.337 e. The van der Waals surface area contributed by atoms with Gasteiger partial charge in [-0.25, -0.2) is 4.79 Å². The second-order valence-electron chi connectivity index (χ2n) is 3.58. The Kier molecular flexibility index (Phi) is 4.35. The van der Waals surface area contributed by atoms with Crippen molar-refractivity contribution < 1.29 is 9.53 Å². The number of carbonyl (C=O) groups is 1. The molecule has 0 aromatic heterocycles. The van der Waals surface area contributed by atoms with Gasteiger partial charge in [-0.05, 0) is 36.1 Å². The molecule has 2 nitrogen and oxygen atoms in total. The van der Waals surface area contributed by atoms with E-state index in [0.29, 0.717) is 5.56 Å². The first-order valence-corrected chi connectivity index (χ1v) is 5.43. The van der Waals surface area contributed by atoms with E-state index in [4.69, 9.17) is 4.74 Å². The molecule has 0 N–H and O–H groups in total. The fraction of sp³-hybridized carbons (Fsp3) is 0.462. The minimum absolute atomic E-state index is 0.255. The summed E-state index contributed by atoms with van der Waals surface area (Å²) in [5.41, 5.74) is 3.24. The first-order chi connectivity index (χ1) is 7.22. The number of ether oxygens (including phenoxy) is 1. The van der Waals surface area contributed by atoms with E-state index in [2.05, 4.69) is 13.8 Å². The zero-order chi connectivity index (χ0) is 11.3. The fourth-order valence-corrected chi connectivity index (χ4v) is 1.72. The molecule has 0 saturated carbocycles. The van der Waals surface area contributed by atoms with Gasteiger partial charge in [-0.3, -0.25) is 0 Å². The van der Waals surface area contributed by atoms with Crippen molar-refractivity contribution in [1.82, 2.24) is 0 Å². The van der Waals surface area contributed by atoms with Gasteiger partial charge in [0.25, 0.3) is 0 Å². The summed E-state index contributed by atoms with van der Waals surface area (Å²) < 4.78 is 4.70. The largest absolute Gasteiger partial charge is 0.465 e. The molecule has 0 aliphatic rings. The summed E-state index contributed by atoms with van der Waals surface area (Å²) in [5.74, 6) is -0.255. The van der Waals surface area contributed by atoms with Gasteiger partial charge in [0, 0.05) is 0 Å². The van der Waals surface area contributed by atoms with Crippen molar-refractivity contribution in [1.29, 1.82) is 0 Å². The summed E-state index contributed by atoms with van der Waals surface area (Å²) >= 11 is 0. The topological polar surface area (TPSA) is 26.3 Å². The number of carbonyl (C=O) groups excluding carboxylic acids is 1. The Morgan fingerprint density at radius 1 is 1.27 bits per heavy atom. The molecule has 1 aromatic carbocycles. The SMILES string of the molecule is CCCc1cc(C(=O)OC)ccc1CC. The molecule has 0 saturated heterocycles. The van der Waals surface area contributed by atoms with Crippen molar-refractivity contribution in [3.8, 4) is 0 Å². The highest BCUT2D eigenvalue weighted by atomic mass is 16.5. The van der Waals surface area contributed by atoms with Gasteiger partial charge >= 0.3 is 5.97 Å². The predicted molar refractivity (Wildman–Crippen MR) is 61.2 cm³/mol. The quantitative estimate of drug-likeness (QED) is 0.708. The Balaban J connectivity index is 3.04. The second kappa shape index (κ2) is 5.54. The van der Waals surface area contributed by atoms with Crippen LogP contribution in [0.3, 0.4) is 0 Å². The molecule has 0 heterocycles. The molecule has 0 atom stereocenters. The molecule has 0 aliphatic heterocycles. The molecule has 0 aliphatic carbocycles. The summed E-state index contributed by atoms with van der Waals surface area (Å²) in [7, 11) is 1.41. The second-order valence-corrected chi connectivity index (χ2v) is 3.58. The van der Waals surface area contributed by atoms with Gasteiger partial charge < -0.3 is 4.74 Å². The minimum atomic E-state index is -0.255. The van der Waals surface area contributed by atoms with E-state index in [-0.39, 0.29) is 5.97 Å². The maximum absolute atomic E-state index is 11.3. The van der Waals surface area contributed by atoms with Gasteiger partial charge in [0.15, 0.2) is 0 Å². The van der Waals surface area contributed by atoms with Gasteiger partial charge in [-0.2, -0.15) is 0 Å². The van der Waals surface area contributed by atoms with E-state index in [1.807, 2.05) is 18.2 Å². The lowest BCUT2D eigenvalue weighted by molar-refractivity contribution is 0.0600. The van der Waals surface area contributed by atoms with E-state index >= 15 is 0 Å². The van der Waals surface area contributed by atoms with Crippen molar-refractivity contribution in [3.63, 3.8) is 0 Å². The number of esters is 1. The van der Waals surface area contributed by atoms with Crippen molar-refractivity contribution in [2.45, 2.75) is 33.1 Å². The highest BCUT2D eigenvalue weighted by Crippen LogP contribution is 2.15. The molecule has 1 rings (SSSR count). The number of rotatable bonds is 4. The molecule has 0 bridgehead atoms. The molecular weight excluding hydrogens is 188 g/mol. The van der Waals surface area contributed by atoms with Crippen LogP contribution in [0.4, 0.5) is 0 Å². The first kappa shape index (κ1) is 11.8. The Bertz CT molecular complexity index is 342. The van der Waals surface area contributed by atoms with Crippen LogP contribution >= 0.6 is 0 Å². The molecule has 1 aromatic rings. The monoisotopic (exact) mass is 206 g/mol. The molecule has 0 fully saturated rings. The van der Waals surface area contributed by atoms with Crippen LogP contribution in [-0.4, -0.2) is 13.1 Å². The smallest absolute Gasteiger partial charge is 0.337 e. The zero-order valence-electron chi connectivity index (χ0n) is 9.67. The summed E-state index contributed by atoms with van der Waals surface area (Å²) in [5, 5.41) is 0. The molecular formula is C13H18O2. The lowest BCUT2D eigenvalue weighted by Gasteiger charge is -2.08. The third-order valence-corrected chi connectivity index (χ3v) is 2.53. The molecule has 0 radical (unpaired) electrons. The van der Waals surface area contributed by atoms with E-state index in [0.717, 1.165) is 19.3 Å². The third-order valence-electron chi connectivity index (χ3n) is 2.53. The van der Waals surface area contributed by atoms with Crippen LogP contribution < -0.4 is 0 Å². The summed E-state index contributed by atoms with van der Waals surface area (Å²) in [4.78, 5) is 11.3. The minimum Gasteiger partial charge on any atom is -0.465 e. The van der Waals surface area contributed by atoms with Crippen LogP contribution in [0, 0.1) is 0 Å². The van der Waals surface area contributed by atoms with Crippen molar-refractivity contribution in [2.24, 2.45) is 0 Å². The molecule has 0 amide bonds. The van der Waals surface area contributed by atoms with Gasteiger partial charge in [-0.1, -0.05) is 26.3 Å². The fourth-order valence-electron chi connectivity index (χ4n) is 1.72. The van der Waals surface area contributed by atoms with Crippen molar-refractivity contribution >= 4 is 5.97 Å². The van der Waals surface area contributed by atoms with Crippen LogP contribution in [-0.2, 0) is 17.6 Å². The Morgan fingerprint density at radius 3 is 2.53 bits per heavy atom. The van der Waals surface area contributed by atoms with Crippen molar-refractivity contribution in [3.05, 3.63) is 34.9 Å². The third kappa shape index (κ3) is 2.82. The molecule has 0 spiro atoms. The molecule has 82 valence electrons.